The second kappa shape index (κ2) is 4.62. The highest BCUT2D eigenvalue weighted by Gasteiger charge is 2.08. The molecule has 0 atom stereocenters. The molecule has 0 radical (unpaired) electrons. The maximum atomic E-state index is 11.3. The first kappa shape index (κ1) is 9.74. The largest absolute Gasteiger partial charge is 0.435 e. The zero-order chi connectivity index (χ0) is 9.68. The first-order valence-corrected chi connectivity index (χ1v) is 3.97. The molecule has 0 bridgehead atoms. The minimum Gasteiger partial charge on any atom is -0.435 e. The maximum absolute atomic E-state index is 11.3. The van der Waals surface area contributed by atoms with Crippen molar-refractivity contribution in [2.75, 3.05) is 13.9 Å². The summed E-state index contributed by atoms with van der Waals surface area (Å²) in [5.74, 6) is -0.347. The smallest absolute Gasteiger partial charge is 0.340 e. The van der Waals surface area contributed by atoms with Gasteiger partial charge < -0.3 is 9.47 Å². The molecule has 0 heterocycles. The van der Waals surface area contributed by atoms with E-state index in [1.54, 1.807) is 12.1 Å². The van der Waals surface area contributed by atoms with Crippen LogP contribution in [0.25, 0.3) is 0 Å². The number of rotatable bonds is 3. The molecule has 1 rings (SSSR count). The van der Waals surface area contributed by atoms with Crippen LogP contribution in [0.2, 0.25) is 0 Å². The first-order chi connectivity index (χ1) is 6.25. The molecule has 0 aliphatic heterocycles. The van der Waals surface area contributed by atoms with E-state index in [9.17, 15) is 4.79 Å². The molecule has 0 saturated heterocycles. The van der Waals surface area contributed by atoms with Crippen LogP contribution in [0.4, 0.5) is 0 Å². The number of esters is 1. The summed E-state index contributed by atoms with van der Waals surface area (Å²) in [7, 11) is 1.48. The van der Waals surface area contributed by atoms with Gasteiger partial charge in [-0.05, 0) is 18.6 Å². The lowest BCUT2D eigenvalue weighted by Gasteiger charge is -2.04. The number of carbonyl (C=O) groups excluding carboxylic acids is 1. The molecule has 0 aliphatic carbocycles. The second-order valence-corrected chi connectivity index (χ2v) is 2.65. The van der Waals surface area contributed by atoms with Gasteiger partial charge in [-0.2, -0.15) is 0 Å². The number of ether oxygens (including phenoxy) is 2. The van der Waals surface area contributed by atoms with Gasteiger partial charge >= 0.3 is 5.97 Å². The number of hydrogen-bond donors (Lipinski definition) is 0. The van der Waals surface area contributed by atoms with E-state index >= 15 is 0 Å². The average Bonchev–Trinajstić information content (AvgIpc) is 2.15. The van der Waals surface area contributed by atoms with Crippen LogP contribution >= 0.6 is 0 Å². The molecule has 3 heteroatoms. The molecule has 0 saturated carbocycles. The summed E-state index contributed by atoms with van der Waals surface area (Å²) in [6, 6.07) is 7.27. The van der Waals surface area contributed by atoms with Gasteiger partial charge in [0, 0.05) is 7.11 Å². The fourth-order valence-corrected chi connectivity index (χ4v) is 0.992. The highest BCUT2D eigenvalue weighted by molar-refractivity contribution is 5.90. The Balaban J connectivity index is 2.71. The van der Waals surface area contributed by atoms with E-state index in [1.165, 1.54) is 7.11 Å². The fourth-order valence-electron chi connectivity index (χ4n) is 0.992. The van der Waals surface area contributed by atoms with Crippen LogP contribution in [0, 0.1) is 6.92 Å². The third-order valence-electron chi connectivity index (χ3n) is 1.67. The number of carbonyl (C=O) groups is 1. The molecular weight excluding hydrogens is 168 g/mol. The van der Waals surface area contributed by atoms with Crippen molar-refractivity contribution in [1.82, 2.24) is 0 Å². The zero-order valence-corrected chi connectivity index (χ0v) is 7.74. The molecule has 3 nitrogen and oxygen atoms in total. The molecule has 1 aromatic carbocycles. The van der Waals surface area contributed by atoms with Crippen molar-refractivity contribution in [3.63, 3.8) is 0 Å². The van der Waals surface area contributed by atoms with Gasteiger partial charge in [0.15, 0.2) is 6.79 Å². The topological polar surface area (TPSA) is 35.5 Å². The van der Waals surface area contributed by atoms with Crippen LogP contribution in [0.1, 0.15) is 15.9 Å². The van der Waals surface area contributed by atoms with E-state index in [0.717, 1.165) is 5.56 Å². The van der Waals surface area contributed by atoms with Crippen molar-refractivity contribution in [2.24, 2.45) is 0 Å². The minimum absolute atomic E-state index is 0.00678. The van der Waals surface area contributed by atoms with Crippen LogP contribution in [-0.4, -0.2) is 19.9 Å². The Morgan fingerprint density at radius 3 is 2.69 bits per heavy atom. The second-order valence-electron chi connectivity index (χ2n) is 2.65. The summed E-state index contributed by atoms with van der Waals surface area (Å²) in [5, 5.41) is 0. The number of benzene rings is 1. The molecule has 0 spiro atoms. The Morgan fingerprint density at radius 1 is 1.38 bits per heavy atom. The van der Waals surface area contributed by atoms with Crippen molar-refractivity contribution in [3.8, 4) is 0 Å². The van der Waals surface area contributed by atoms with Gasteiger partial charge in [-0.25, -0.2) is 4.79 Å². The van der Waals surface area contributed by atoms with Crippen LogP contribution in [0.5, 0.6) is 0 Å². The quantitative estimate of drug-likeness (QED) is 0.525. The van der Waals surface area contributed by atoms with Crippen molar-refractivity contribution in [2.45, 2.75) is 6.92 Å². The third kappa shape index (κ3) is 2.56. The van der Waals surface area contributed by atoms with E-state index in [1.807, 2.05) is 19.1 Å². The van der Waals surface area contributed by atoms with Crippen molar-refractivity contribution in [1.29, 1.82) is 0 Å². The molecule has 1 aromatic rings. The van der Waals surface area contributed by atoms with Crippen LogP contribution < -0.4 is 0 Å². The zero-order valence-electron chi connectivity index (χ0n) is 7.74. The standard InChI is InChI=1S/C10H12O3/c1-8-5-3-4-6-9(8)10(11)13-7-12-2/h3-6H,7H2,1-2H3. The van der Waals surface area contributed by atoms with E-state index in [4.69, 9.17) is 4.74 Å². The van der Waals surface area contributed by atoms with Gasteiger partial charge in [-0.1, -0.05) is 18.2 Å². The lowest BCUT2D eigenvalue weighted by Crippen LogP contribution is -2.08. The lowest BCUT2D eigenvalue weighted by molar-refractivity contribution is -0.0125. The molecule has 0 N–H and O–H groups in total. The van der Waals surface area contributed by atoms with Crippen molar-refractivity contribution in [3.05, 3.63) is 35.4 Å². The summed E-state index contributed by atoms with van der Waals surface area (Å²) >= 11 is 0. The van der Waals surface area contributed by atoms with E-state index in [2.05, 4.69) is 4.74 Å². The van der Waals surface area contributed by atoms with E-state index < -0.39 is 0 Å². The van der Waals surface area contributed by atoms with E-state index in [-0.39, 0.29) is 12.8 Å². The fraction of sp³-hybridized carbons (Fsp3) is 0.300. The summed E-state index contributed by atoms with van der Waals surface area (Å²) in [4.78, 5) is 11.3. The Labute approximate surface area is 77.3 Å². The summed E-state index contributed by atoms with van der Waals surface area (Å²) in [6.45, 7) is 1.86. The van der Waals surface area contributed by atoms with Crippen molar-refractivity contribution < 1.29 is 14.3 Å². The molecule has 0 aliphatic rings. The van der Waals surface area contributed by atoms with Gasteiger partial charge in [-0.3, -0.25) is 0 Å². The Hall–Kier alpha value is -1.35. The van der Waals surface area contributed by atoms with Gasteiger partial charge in [0.2, 0.25) is 0 Å². The molecule has 0 fully saturated rings. The Bertz CT molecular complexity index is 294. The van der Waals surface area contributed by atoms with Crippen LogP contribution in [0.3, 0.4) is 0 Å². The SMILES string of the molecule is COCOC(=O)c1ccccc1C. The van der Waals surface area contributed by atoms with Gasteiger partial charge in [-0.15, -0.1) is 0 Å². The van der Waals surface area contributed by atoms with E-state index in [0.29, 0.717) is 5.56 Å². The van der Waals surface area contributed by atoms with Crippen LogP contribution in [-0.2, 0) is 9.47 Å². The average molecular weight is 180 g/mol. The molecule has 0 unspecified atom stereocenters. The first-order valence-electron chi connectivity index (χ1n) is 3.97. The highest BCUT2D eigenvalue weighted by atomic mass is 16.7. The number of hydrogen-bond acceptors (Lipinski definition) is 3. The monoisotopic (exact) mass is 180 g/mol. The van der Waals surface area contributed by atoms with Crippen LogP contribution in [0.15, 0.2) is 24.3 Å². The normalized spacial score (nSPS) is 9.69. The lowest BCUT2D eigenvalue weighted by atomic mass is 10.1. The Morgan fingerprint density at radius 2 is 2.08 bits per heavy atom. The Kier molecular flexibility index (Phi) is 3.46. The third-order valence-corrected chi connectivity index (χ3v) is 1.67. The van der Waals surface area contributed by atoms with Crippen molar-refractivity contribution >= 4 is 5.97 Å². The molecule has 0 amide bonds. The molecule has 0 aromatic heterocycles. The number of aryl methyl sites for hydroxylation is 1. The predicted molar refractivity (Wildman–Crippen MR) is 48.5 cm³/mol. The predicted octanol–water partition coefficient (Wildman–Crippen LogP) is 1.76. The highest BCUT2D eigenvalue weighted by Crippen LogP contribution is 2.08. The number of methoxy groups -OCH3 is 1. The van der Waals surface area contributed by atoms with Gasteiger partial charge in [0.1, 0.15) is 0 Å². The molecular formula is C10H12O3. The maximum Gasteiger partial charge on any atom is 0.340 e. The summed E-state index contributed by atoms with van der Waals surface area (Å²) < 4.78 is 9.43. The summed E-state index contributed by atoms with van der Waals surface area (Å²) in [6.07, 6.45) is 0. The van der Waals surface area contributed by atoms with Gasteiger partial charge in [0.25, 0.3) is 0 Å². The molecule has 13 heavy (non-hydrogen) atoms. The molecule has 70 valence electrons. The summed E-state index contributed by atoms with van der Waals surface area (Å²) in [5.41, 5.74) is 1.49. The van der Waals surface area contributed by atoms with Gasteiger partial charge in [0.05, 0.1) is 5.56 Å². The minimum atomic E-state index is -0.347.